The molecule has 3 rings (SSSR count). The van der Waals surface area contributed by atoms with Gasteiger partial charge in [0.2, 0.25) is 5.95 Å². The summed E-state index contributed by atoms with van der Waals surface area (Å²) in [4.78, 5) is 20.4. The number of benzene rings is 2. The number of nitrogens with zero attached hydrogens (tertiary/aromatic N) is 2. The SMILES string of the molecule is O=C(Nc1cccc(Cl)c1)c1cnc(Nc2ccc(Cl)cc2Cl)nc1. The molecule has 1 aromatic heterocycles. The van der Waals surface area contributed by atoms with Crippen molar-refractivity contribution >= 4 is 58.0 Å². The fraction of sp³-hybridized carbons (Fsp3) is 0. The largest absolute Gasteiger partial charge is 0.323 e. The molecule has 0 atom stereocenters. The second-order valence-corrected chi connectivity index (χ2v) is 6.29. The molecule has 3 aromatic rings. The lowest BCUT2D eigenvalue weighted by Crippen LogP contribution is -2.13. The van der Waals surface area contributed by atoms with E-state index in [1.54, 1.807) is 42.5 Å². The summed E-state index contributed by atoms with van der Waals surface area (Å²) in [6.45, 7) is 0. The van der Waals surface area contributed by atoms with Crippen molar-refractivity contribution in [1.29, 1.82) is 0 Å². The first-order valence-electron chi connectivity index (χ1n) is 7.12. The molecule has 1 heterocycles. The molecule has 126 valence electrons. The molecule has 0 unspecified atom stereocenters. The van der Waals surface area contributed by atoms with Crippen LogP contribution in [0.25, 0.3) is 0 Å². The molecule has 2 aromatic carbocycles. The number of hydrogen-bond acceptors (Lipinski definition) is 4. The van der Waals surface area contributed by atoms with Crippen LogP contribution in [0.5, 0.6) is 0 Å². The van der Waals surface area contributed by atoms with Gasteiger partial charge in [-0.2, -0.15) is 0 Å². The number of carbonyl (C=O) groups is 1. The Labute approximate surface area is 159 Å². The molecule has 0 saturated carbocycles. The van der Waals surface area contributed by atoms with E-state index in [9.17, 15) is 4.79 Å². The summed E-state index contributed by atoms with van der Waals surface area (Å²) >= 11 is 17.8. The molecule has 0 aliphatic heterocycles. The summed E-state index contributed by atoms with van der Waals surface area (Å²) in [6, 6.07) is 11.9. The first-order valence-corrected chi connectivity index (χ1v) is 8.26. The Morgan fingerprint density at radius 1 is 0.920 bits per heavy atom. The van der Waals surface area contributed by atoms with Crippen LogP contribution in [0.15, 0.2) is 54.9 Å². The highest BCUT2D eigenvalue weighted by Crippen LogP contribution is 2.27. The lowest BCUT2D eigenvalue weighted by atomic mass is 10.3. The predicted molar refractivity (Wildman–Crippen MR) is 101 cm³/mol. The van der Waals surface area contributed by atoms with Gasteiger partial charge in [0.15, 0.2) is 0 Å². The molecule has 0 spiro atoms. The van der Waals surface area contributed by atoms with Crippen molar-refractivity contribution < 1.29 is 4.79 Å². The maximum atomic E-state index is 12.2. The number of amides is 1. The predicted octanol–water partition coefficient (Wildman–Crippen LogP) is 5.43. The van der Waals surface area contributed by atoms with Crippen LogP contribution in [-0.4, -0.2) is 15.9 Å². The molecule has 8 heteroatoms. The molecular formula is C17H11Cl3N4O. The molecular weight excluding hydrogens is 383 g/mol. The van der Waals surface area contributed by atoms with Crippen molar-refractivity contribution in [2.45, 2.75) is 0 Å². The van der Waals surface area contributed by atoms with Crippen LogP contribution in [0.4, 0.5) is 17.3 Å². The summed E-state index contributed by atoms with van der Waals surface area (Å²) in [5.74, 6) is -0.0260. The van der Waals surface area contributed by atoms with Crippen LogP contribution in [0.1, 0.15) is 10.4 Å². The molecule has 0 aliphatic rings. The zero-order valence-corrected chi connectivity index (χ0v) is 14.9. The number of hydrogen-bond donors (Lipinski definition) is 2. The van der Waals surface area contributed by atoms with Gasteiger partial charge in [-0.05, 0) is 36.4 Å². The van der Waals surface area contributed by atoms with Crippen molar-refractivity contribution in [3.05, 3.63) is 75.5 Å². The molecule has 0 bridgehead atoms. The van der Waals surface area contributed by atoms with E-state index in [0.717, 1.165) is 0 Å². The summed E-state index contributed by atoms with van der Waals surface area (Å²) in [5.41, 5.74) is 1.52. The maximum absolute atomic E-state index is 12.2. The molecule has 5 nitrogen and oxygen atoms in total. The van der Waals surface area contributed by atoms with Gasteiger partial charge in [0, 0.05) is 28.1 Å². The van der Waals surface area contributed by atoms with E-state index in [2.05, 4.69) is 20.6 Å². The average Bonchev–Trinajstić information content (AvgIpc) is 2.58. The number of aromatic nitrogens is 2. The van der Waals surface area contributed by atoms with Crippen LogP contribution in [-0.2, 0) is 0 Å². The second kappa shape index (κ2) is 7.70. The molecule has 0 radical (unpaired) electrons. The van der Waals surface area contributed by atoms with Crippen molar-refractivity contribution in [1.82, 2.24) is 9.97 Å². The van der Waals surface area contributed by atoms with Crippen LogP contribution < -0.4 is 10.6 Å². The number of carbonyl (C=O) groups excluding carboxylic acids is 1. The van der Waals surface area contributed by atoms with Crippen molar-refractivity contribution in [3.63, 3.8) is 0 Å². The minimum Gasteiger partial charge on any atom is -0.323 e. The quantitative estimate of drug-likeness (QED) is 0.620. The Morgan fingerprint density at radius 2 is 1.64 bits per heavy atom. The van der Waals surface area contributed by atoms with Gasteiger partial charge in [0.25, 0.3) is 5.91 Å². The summed E-state index contributed by atoms with van der Waals surface area (Å²) in [7, 11) is 0. The van der Waals surface area contributed by atoms with Gasteiger partial charge in [0.1, 0.15) is 0 Å². The lowest BCUT2D eigenvalue weighted by Gasteiger charge is -2.08. The van der Waals surface area contributed by atoms with Gasteiger partial charge < -0.3 is 10.6 Å². The number of anilines is 3. The zero-order valence-electron chi connectivity index (χ0n) is 12.6. The fourth-order valence-corrected chi connectivity index (χ4v) is 2.64. The van der Waals surface area contributed by atoms with Crippen LogP contribution in [0, 0.1) is 0 Å². The standard InChI is InChI=1S/C17H11Cl3N4O/c18-11-2-1-3-13(6-11)23-16(25)10-8-21-17(22-9-10)24-15-5-4-12(19)7-14(15)20/h1-9H,(H,23,25)(H,21,22,24). The Morgan fingerprint density at radius 3 is 2.32 bits per heavy atom. The van der Waals surface area contributed by atoms with Crippen LogP contribution >= 0.6 is 34.8 Å². The summed E-state index contributed by atoms with van der Waals surface area (Å²) < 4.78 is 0. The Hall–Kier alpha value is -2.34. The molecule has 1 amide bonds. The number of halogens is 3. The average molecular weight is 394 g/mol. The van der Waals surface area contributed by atoms with Gasteiger partial charge in [-0.15, -0.1) is 0 Å². The first kappa shape index (κ1) is 17.5. The third-order valence-corrected chi connectivity index (χ3v) is 3.96. The van der Waals surface area contributed by atoms with Crippen LogP contribution in [0.3, 0.4) is 0 Å². The minimum absolute atomic E-state index is 0.309. The van der Waals surface area contributed by atoms with Crippen LogP contribution in [0.2, 0.25) is 15.1 Å². The molecule has 0 saturated heterocycles. The molecule has 0 fully saturated rings. The van der Waals surface area contributed by atoms with Gasteiger partial charge in [-0.1, -0.05) is 40.9 Å². The van der Waals surface area contributed by atoms with E-state index in [4.69, 9.17) is 34.8 Å². The maximum Gasteiger partial charge on any atom is 0.258 e. The van der Waals surface area contributed by atoms with E-state index >= 15 is 0 Å². The van der Waals surface area contributed by atoms with E-state index < -0.39 is 0 Å². The topological polar surface area (TPSA) is 66.9 Å². The highest BCUT2D eigenvalue weighted by Gasteiger charge is 2.09. The third kappa shape index (κ3) is 4.60. The Kier molecular flexibility index (Phi) is 5.38. The van der Waals surface area contributed by atoms with Gasteiger partial charge in [-0.25, -0.2) is 9.97 Å². The molecule has 2 N–H and O–H groups in total. The smallest absolute Gasteiger partial charge is 0.258 e. The van der Waals surface area contributed by atoms with Crippen molar-refractivity contribution in [3.8, 4) is 0 Å². The lowest BCUT2D eigenvalue weighted by molar-refractivity contribution is 0.102. The highest BCUT2D eigenvalue weighted by atomic mass is 35.5. The Balaban J connectivity index is 1.70. The van der Waals surface area contributed by atoms with Gasteiger partial charge in [-0.3, -0.25) is 4.79 Å². The highest BCUT2D eigenvalue weighted by molar-refractivity contribution is 6.36. The molecule has 25 heavy (non-hydrogen) atoms. The summed E-state index contributed by atoms with van der Waals surface area (Å²) in [6.07, 6.45) is 2.83. The van der Waals surface area contributed by atoms with Crippen molar-refractivity contribution in [2.24, 2.45) is 0 Å². The van der Waals surface area contributed by atoms with E-state index in [-0.39, 0.29) is 5.91 Å². The van der Waals surface area contributed by atoms with E-state index in [0.29, 0.717) is 38.0 Å². The monoisotopic (exact) mass is 392 g/mol. The third-order valence-electron chi connectivity index (χ3n) is 3.17. The number of nitrogens with one attached hydrogen (secondary N) is 2. The zero-order chi connectivity index (χ0) is 17.8. The van der Waals surface area contributed by atoms with E-state index in [1.165, 1.54) is 12.4 Å². The molecule has 0 aliphatic carbocycles. The number of rotatable bonds is 4. The fourth-order valence-electron chi connectivity index (χ4n) is 1.99. The van der Waals surface area contributed by atoms with E-state index in [1.807, 2.05) is 0 Å². The van der Waals surface area contributed by atoms with Gasteiger partial charge >= 0.3 is 0 Å². The Bertz CT molecular complexity index is 916. The second-order valence-electron chi connectivity index (χ2n) is 5.01. The normalized spacial score (nSPS) is 10.4. The van der Waals surface area contributed by atoms with Gasteiger partial charge in [0.05, 0.1) is 16.3 Å². The van der Waals surface area contributed by atoms with Crippen molar-refractivity contribution in [2.75, 3.05) is 10.6 Å². The minimum atomic E-state index is -0.335. The first-order chi connectivity index (χ1) is 12.0. The summed E-state index contributed by atoms with van der Waals surface area (Å²) in [5, 5.41) is 7.20.